The van der Waals surface area contributed by atoms with E-state index >= 15 is 0 Å². The van der Waals surface area contributed by atoms with E-state index in [1.807, 2.05) is 43.3 Å². The Kier molecular flexibility index (Phi) is 6.68. The van der Waals surface area contributed by atoms with E-state index in [4.69, 9.17) is 0 Å². The van der Waals surface area contributed by atoms with Crippen molar-refractivity contribution in [2.45, 2.75) is 19.9 Å². The molecule has 0 radical (unpaired) electrons. The molecule has 0 fully saturated rings. The Morgan fingerprint density at radius 3 is 2.48 bits per heavy atom. The fourth-order valence-corrected chi connectivity index (χ4v) is 2.96. The number of aromatic nitrogens is 2. The van der Waals surface area contributed by atoms with Gasteiger partial charge in [-0.15, -0.1) is 0 Å². The summed E-state index contributed by atoms with van der Waals surface area (Å²) in [6.07, 6.45) is 7.16. The minimum absolute atomic E-state index is 0.167. The predicted molar refractivity (Wildman–Crippen MR) is 111 cm³/mol. The first-order valence-electron chi connectivity index (χ1n) is 9.46. The SMILES string of the molecule is Cc1cccc(CNC(=O)c2cncc(C(=O)N(C)CCc3ccncc3)c2)c1. The van der Waals surface area contributed by atoms with Crippen LogP contribution in [0.2, 0.25) is 0 Å². The number of carbonyl (C=O) groups excluding carboxylic acids is 2. The van der Waals surface area contributed by atoms with Crippen molar-refractivity contribution >= 4 is 11.8 Å². The normalized spacial score (nSPS) is 10.4. The molecule has 1 aromatic carbocycles. The van der Waals surface area contributed by atoms with Crippen LogP contribution in [0.3, 0.4) is 0 Å². The van der Waals surface area contributed by atoms with Crippen molar-refractivity contribution in [2.24, 2.45) is 0 Å². The van der Waals surface area contributed by atoms with Crippen LogP contribution >= 0.6 is 0 Å². The molecule has 0 aliphatic rings. The minimum Gasteiger partial charge on any atom is -0.348 e. The van der Waals surface area contributed by atoms with Crippen LogP contribution in [0.4, 0.5) is 0 Å². The second-order valence-corrected chi connectivity index (χ2v) is 6.97. The topological polar surface area (TPSA) is 75.2 Å². The number of hydrogen-bond acceptors (Lipinski definition) is 4. The lowest BCUT2D eigenvalue weighted by molar-refractivity contribution is 0.0796. The number of aryl methyl sites for hydroxylation is 1. The Balaban J connectivity index is 1.60. The average Bonchev–Trinajstić information content (AvgIpc) is 2.76. The third-order valence-electron chi connectivity index (χ3n) is 4.61. The second kappa shape index (κ2) is 9.59. The molecule has 3 aromatic rings. The fourth-order valence-electron chi connectivity index (χ4n) is 2.96. The van der Waals surface area contributed by atoms with Gasteiger partial charge in [-0.3, -0.25) is 19.6 Å². The molecule has 0 unspecified atom stereocenters. The van der Waals surface area contributed by atoms with E-state index in [1.54, 1.807) is 30.4 Å². The smallest absolute Gasteiger partial charge is 0.255 e. The summed E-state index contributed by atoms with van der Waals surface area (Å²) >= 11 is 0. The van der Waals surface area contributed by atoms with Crippen molar-refractivity contribution in [2.75, 3.05) is 13.6 Å². The lowest BCUT2D eigenvalue weighted by atomic mass is 10.1. The standard InChI is InChI=1S/C23H24N4O2/c1-17-4-3-5-19(12-17)14-26-22(28)20-13-21(16-25-15-20)23(29)27(2)11-8-18-6-9-24-10-7-18/h3-7,9-10,12-13,15-16H,8,11,14H2,1-2H3,(H,26,28). The summed E-state index contributed by atoms with van der Waals surface area (Å²) in [6.45, 7) is 2.99. The zero-order valence-electron chi connectivity index (χ0n) is 16.6. The zero-order chi connectivity index (χ0) is 20.6. The van der Waals surface area contributed by atoms with Crippen molar-refractivity contribution in [3.05, 3.63) is 95.1 Å². The quantitative estimate of drug-likeness (QED) is 0.675. The predicted octanol–water partition coefficient (Wildman–Crippen LogP) is 3.03. The Bertz CT molecular complexity index is 989. The third-order valence-corrected chi connectivity index (χ3v) is 4.61. The highest BCUT2D eigenvalue weighted by Gasteiger charge is 2.15. The molecule has 0 bridgehead atoms. The lowest BCUT2D eigenvalue weighted by Gasteiger charge is -2.17. The molecule has 0 spiro atoms. The van der Waals surface area contributed by atoms with Crippen LogP contribution in [-0.4, -0.2) is 40.3 Å². The minimum atomic E-state index is -0.256. The van der Waals surface area contributed by atoms with Crippen LogP contribution in [0, 0.1) is 6.92 Å². The molecule has 6 heteroatoms. The number of amides is 2. The van der Waals surface area contributed by atoms with Crippen LogP contribution in [-0.2, 0) is 13.0 Å². The highest BCUT2D eigenvalue weighted by Crippen LogP contribution is 2.09. The van der Waals surface area contributed by atoms with Gasteiger partial charge in [0.1, 0.15) is 0 Å². The van der Waals surface area contributed by atoms with Gasteiger partial charge < -0.3 is 10.2 Å². The van der Waals surface area contributed by atoms with E-state index in [9.17, 15) is 9.59 Å². The number of hydrogen-bond donors (Lipinski definition) is 1. The van der Waals surface area contributed by atoms with Crippen molar-refractivity contribution in [1.29, 1.82) is 0 Å². The molecule has 148 valence electrons. The van der Waals surface area contributed by atoms with Gasteiger partial charge in [0.2, 0.25) is 0 Å². The van der Waals surface area contributed by atoms with E-state index in [2.05, 4.69) is 15.3 Å². The number of benzene rings is 1. The van der Waals surface area contributed by atoms with Crippen LogP contribution < -0.4 is 5.32 Å². The van der Waals surface area contributed by atoms with Crippen molar-refractivity contribution in [3.63, 3.8) is 0 Å². The molecule has 1 N–H and O–H groups in total. The maximum Gasteiger partial charge on any atom is 0.255 e. The number of nitrogens with one attached hydrogen (secondary N) is 1. The average molecular weight is 388 g/mol. The molecule has 3 rings (SSSR count). The highest BCUT2D eigenvalue weighted by atomic mass is 16.2. The van der Waals surface area contributed by atoms with Crippen LogP contribution in [0.25, 0.3) is 0 Å². The summed E-state index contributed by atoms with van der Waals surface area (Å²) in [5.41, 5.74) is 4.04. The van der Waals surface area contributed by atoms with E-state index in [-0.39, 0.29) is 11.8 Å². The summed E-state index contributed by atoms with van der Waals surface area (Å²) in [6, 6.07) is 13.4. The molecule has 0 saturated carbocycles. The van der Waals surface area contributed by atoms with Crippen molar-refractivity contribution in [1.82, 2.24) is 20.2 Å². The Labute approximate surface area is 170 Å². The van der Waals surface area contributed by atoms with Crippen LogP contribution in [0.15, 0.2) is 67.3 Å². The van der Waals surface area contributed by atoms with Gasteiger partial charge in [0, 0.05) is 44.9 Å². The molecule has 2 amide bonds. The molecule has 0 aliphatic heterocycles. The molecule has 0 saturated heterocycles. The largest absolute Gasteiger partial charge is 0.348 e. The van der Waals surface area contributed by atoms with Gasteiger partial charge in [0.15, 0.2) is 0 Å². The number of nitrogens with zero attached hydrogens (tertiary/aromatic N) is 3. The number of rotatable bonds is 7. The van der Waals surface area contributed by atoms with Gasteiger partial charge in [0.25, 0.3) is 11.8 Å². The highest BCUT2D eigenvalue weighted by molar-refractivity contribution is 5.99. The molecular formula is C23H24N4O2. The van der Waals surface area contributed by atoms with Gasteiger partial charge in [-0.2, -0.15) is 0 Å². The van der Waals surface area contributed by atoms with Gasteiger partial charge in [-0.05, 0) is 42.7 Å². The van der Waals surface area contributed by atoms with E-state index in [0.29, 0.717) is 24.2 Å². The van der Waals surface area contributed by atoms with E-state index in [1.165, 1.54) is 12.4 Å². The van der Waals surface area contributed by atoms with Gasteiger partial charge in [-0.25, -0.2) is 0 Å². The zero-order valence-corrected chi connectivity index (χ0v) is 16.6. The Hall–Kier alpha value is -3.54. The number of carbonyl (C=O) groups is 2. The van der Waals surface area contributed by atoms with Crippen molar-refractivity contribution in [3.8, 4) is 0 Å². The monoisotopic (exact) mass is 388 g/mol. The maximum absolute atomic E-state index is 12.7. The Morgan fingerprint density at radius 2 is 1.72 bits per heavy atom. The van der Waals surface area contributed by atoms with Crippen LogP contribution in [0.5, 0.6) is 0 Å². The molecule has 2 heterocycles. The summed E-state index contributed by atoms with van der Waals surface area (Å²) < 4.78 is 0. The summed E-state index contributed by atoms with van der Waals surface area (Å²) in [5.74, 6) is -0.423. The maximum atomic E-state index is 12.7. The summed E-state index contributed by atoms with van der Waals surface area (Å²) in [7, 11) is 1.74. The molecule has 6 nitrogen and oxygen atoms in total. The van der Waals surface area contributed by atoms with Gasteiger partial charge >= 0.3 is 0 Å². The van der Waals surface area contributed by atoms with Crippen molar-refractivity contribution < 1.29 is 9.59 Å². The number of pyridine rings is 2. The first-order chi connectivity index (χ1) is 14.0. The summed E-state index contributed by atoms with van der Waals surface area (Å²) in [4.78, 5) is 34.9. The molecule has 0 aliphatic carbocycles. The molecule has 0 atom stereocenters. The second-order valence-electron chi connectivity index (χ2n) is 6.97. The Morgan fingerprint density at radius 1 is 0.966 bits per heavy atom. The van der Waals surface area contributed by atoms with Gasteiger partial charge in [-0.1, -0.05) is 29.8 Å². The molecule has 2 aromatic heterocycles. The molecule has 29 heavy (non-hydrogen) atoms. The number of likely N-dealkylation sites (N-methyl/N-ethyl adjacent to an activating group) is 1. The third kappa shape index (κ3) is 5.72. The van der Waals surface area contributed by atoms with E-state index in [0.717, 1.165) is 23.1 Å². The summed E-state index contributed by atoms with van der Waals surface area (Å²) in [5, 5.41) is 2.87. The first kappa shape index (κ1) is 20.2. The van der Waals surface area contributed by atoms with E-state index < -0.39 is 0 Å². The van der Waals surface area contributed by atoms with Crippen LogP contribution in [0.1, 0.15) is 37.4 Å². The first-order valence-corrected chi connectivity index (χ1v) is 9.46. The fraction of sp³-hybridized carbons (Fsp3) is 0.217. The molecular weight excluding hydrogens is 364 g/mol. The lowest BCUT2D eigenvalue weighted by Crippen LogP contribution is -2.29. The van der Waals surface area contributed by atoms with Gasteiger partial charge in [0.05, 0.1) is 11.1 Å².